The molecule has 6 heteroatoms. The quantitative estimate of drug-likeness (QED) is 0.376. The van der Waals surface area contributed by atoms with Gasteiger partial charge >= 0.3 is 0 Å². The number of aromatic hydroxyl groups is 1. The molecule has 30 heavy (non-hydrogen) atoms. The van der Waals surface area contributed by atoms with Crippen LogP contribution in [0.3, 0.4) is 0 Å². The van der Waals surface area contributed by atoms with Gasteiger partial charge in [0.2, 0.25) is 17.7 Å². The van der Waals surface area contributed by atoms with Crippen LogP contribution in [0.2, 0.25) is 0 Å². The Labute approximate surface area is 179 Å². The van der Waals surface area contributed by atoms with E-state index in [4.69, 9.17) is 4.42 Å². The Balaban J connectivity index is 1.65. The number of amides is 1. The summed E-state index contributed by atoms with van der Waals surface area (Å²) in [4.78, 5) is 18.1. The van der Waals surface area contributed by atoms with E-state index in [2.05, 4.69) is 22.9 Å². The Morgan fingerprint density at radius 2 is 1.77 bits per heavy atom. The van der Waals surface area contributed by atoms with Crippen LogP contribution in [0.1, 0.15) is 11.1 Å². The van der Waals surface area contributed by atoms with E-state index in [0.717, 1.165) is 21.6 Å². The van der Waals surface area contributed by atoms with E-state index in [-0.39, 0.29) is 24.0 Å². The number of thiol groups is 1. The molecule has 0 bridgehead atoms. The number of phenolic OH excluding ortho intramolecular Hbond substituents is 1. The molecule has 2 N–H and O–H groups in total. The summed E-state index contributed by atoms with van der Waals surface area (Å²) in [6, 6.07) is 22.2. The maximum absolute atomic E-state index is 12.7. The smallest absolute Gasteiger partial charge is 0.231 e. The minimum Gasteiger partial charge on any atom is -0.508 e. The average molecular weight is 417 g/mol. The number of benzene rings is 3. The molecule has 0 radical (unpaired) electrons. The largest absolute Gasteiger partial charge is 0.508 e. The van der Waals surface area contributed by atoms with Crippen LogP contribution < -0.4 is 5.32 Å². The third kappa shape index (κ3) is 4.39. The zero-order valence-electron chi connectivity index (χ0n) is 16.3. The lowest BCUT2D eigenvalue weighted by atomic mass is 10.1. The molecule has 0 aliphatic rings. The average Bonchev–Trinajstić information content (AvgIpc) is 3.15. The van der Waals surface area contributed by atoms with E-state index in [0.29, 0.717) is 17.1 Å². The predicted octanol–water partition coefficient (Wildman–Crippen LogP) is 5.49. The monoisotopic (exact) mass is 416 g/mol. The summed E-state index contributed by atoms with van der Waals surface area (Å²) in [5, 5.41) is 12.9. The van der Waals surface area contributed by atoms with E-state index < -0.39 is 0 Å². The molecule has 0 atom stereocenters. The second-order valence-corrected chi connectivity index (χ2v) is 7.48. The fourth-order valence-electron chi connectivity index (χ4n) is 3.09. The molecular formula is C24H20N2O3S. The number of nitrogens with zero attached hydrogens (tertiary/aromatic N) is 1. The zero-order valence-corrected chi connectivity index (χ0v) is 17.2. The number of carbonyl (C=O) groups excluding carboxylic acids is 1. The Morgan fingerprint density at radius 3 is 2.47 bits per heavy atom. The number of hydrogen-bond donors (Lipinski definition) is 3. The minimum absolute atomic E-state index is 0.0186. The summed E-state index contributed by atoms with van der Waals surface area (Å²) >= 11 is 4.31. The van der Waals surface area contributed by atoms with Crippen LogP contribution in [0.15, 0.2) is 82.1 Å². The lowest BCUT2D eigenvalue weighted by Gasteiger charge is -2.07. The first-order valence-corrected chi connectivity index (χ1v) is 9.88. The molecule has 1 amide bonds. The van der Waals surface area contributed by atoms with Crippen molar-refractivity contribution in [3.63, 3.8) is 0 Å². The molecule has 0 saturated heterocycles. The SMILES string of the molecule is Cc1ccc(CC(=O)Nc2oc(-c3ccc(S)cc3)nc2-c2ccccc2)c(O)c1. The first-order valence-electron chi connectivity index (χ1n) is 9.43. The highest BCUT2D eigenvalue weighted by molar-refractivity contribution is 7.80. The Bertz CT molecular complexity index is 1190. The van der Waals surface area contributed by atoms with E-state index in [1.165, 1.54) is 0 Å². The van der Waals surface area contributed by atoms with Gasteiger partial charge in [0.15, 0.2) is 0 Å². The molecule has 1 aromatic heterocycles. The Hall–Kier alpha value is -3.51. The zero-order chi connectivity index (χ0) is 21.1. The second-order valence-electron chi connectivity index (χ2n) is 6.97. The fraction of sp³-hybridized carbons (Fsp3) is 0.0833. The minimum atomic E-state index is -0.306. The van der Waals surface area contributed by atoms with Gasteiger partial charge in [-0.25, -0.2) is 4.98 Å². The molecule has 1 heterocycles. The lowest BCUT2D eigenvalue weighted by Crippen LogP contribution is -2.14. The van der Waals surface area contributed by atoms with Gasteiger partial charge in [0.25, 0.3) is 0 Å². The van der Waals surface area contributed by atoms with Crippen molar-refractivity contribution in [2.75, 3.05) is 5.32 Å². The molecule has 150 valence electrons. The molecule has 0 spiro atoms. The van der Waals surface area contributed by atoms with Crippen LogP contribution in [0.25, 0.3) is 22.7 Å². The Morgan fingerprint density at radius 1 is 1.03 bits per heavy atom. The third-order valence-electron chi connectivity index (χ3n) is 4.63. The van der Waals surface area contributed by atoms with Crippen molar-refractivity contribution >= 4 is 24.4 Å². The molecular weight excluding hydrogens is 396 g/mol. The normalized spacial score (nSPS) is 10.7. The molecule has 0 unspecified atom stereocenters. The second kappa shape index (κ2) is 8.47. The third-order valence-corrected chi connectivity index (χ3v) is 4.93. The van der Waals surface area contributed by atoms with Crippen LogP contribution >= 0.6 is 12.6 Å². The lowest BCUT2D eigenvalue weighted by molar-refractivity contribution is -0.115. The van der Waals surface area contributed by atoms with Crippen molar-refractivity contribution < 1.29 is 14.3 Å². The molecule has 3 aromatic carbocycles. The van der Waals surface area contributed by atoms with E-state index in [1.807, 2.05) is 67.6 Å². The number of aryl methyl sites for hydroxylation is 1. The van der Waals surface area contributed by atoms with Gasteiger partial charge in [0.1, 0.15) is 11.4 Å². The number of oxazole rings is 1. The van der Waals surface area contributed by atoms with Gasteiger partial charge in [-0.15, -0.1) is 12.6 Å². The highest BCUT2D eigenvalue weighted by atomic mass is 32.1. The predicted molar refractivity (Wildman–Crippen MR) is 120 cm³/mol. The van der Waals surface area contributed by atoms with E-state index >= 15 is 0 Å². The van der Waals surface area contributed by atoms with E-state index in [9.17, 15) is 9.90 Å². The first kappa shape index (κ1) is 19.8. The van der Waals surface area contributed by atoms with Gasteiger partial charge in [0, 0.05) is 21.6 Å². The van der Waals surface area contributed by atoms with Crippen LogP contribution in [0.4, 0.5) is 5.88 Å². The summed E-state index contributed by atoms with van der Waals surface area (Å²) < 4.78 is 5.92. The topological polar surface area (TPSA) is 75.4 Å². The molecule has 5 nitrogen and oxygen atoms in total. The van der Waals surface area contributed by atoms with Crippen molar-refractivity contribution in [2.24, 2.45) is 0 Å². The molecule has 0 saturated carbocycles. The summed E-state index contributed by atoms with van der Waals surface area (Å²) in [5.41, 5.74) is 3.62. The molecule has 0 fully saturated rings. The maximum Gasteiger partial charge on any atom is 0.231 e. The molecule has 0 aliphatic carbocycles. The number of nitrogens with one attached hydrogen (secondary N) is 1. The van der Waals surface area contributed by atoms with E-state index in [1.54, 1.807) is 12.1 Å². The Kier molecular flexibility index (Phi) is 5.59. The number of phenols is 1. The van der Waals surface area contributed by atoms with Crippen LogP contribution in [-0.2, 0) is 11.2 Å². The van der Waals surface area contributed by atoms with Gasteiger partial charge in [-0.05, 0) is 42.8 Å². The van der Waals surface area contributed by atoms with Crippen LogP contribution in [0, 0.1) is 6.92 Å². The van der Waals surface area contributed by atoms with Crippen molar-refractivity contribution in [1.29, 1.82) is 0 Å². The fourth-order valence-corrected chi connectivity index (χ4v) is 3.24. The number of anilines is 1. The summed E-state index contributed by atoms with van der Waals surface area (Å²) in [5.74, 6) is 0.455. The van der Waals surface area contributed by atoms with Gasteiger partial charge in [-0.2, -0.15) is 0 Å². The summed E-state index contributed by atoms with van der Waals surface area (Å²) in [6.45, 7) is 1.88. The number of hydrogen-bond acceptors (Lipinski definition) is 5. The van der Waals surface area contributed by atoms with Crippen molar-refractivity contribution in [1.82, 2.24) is 4.98 Å². The van der Waals surface area contributed by atoms with Gasteiger partial charge in [0.05, 0.1) is 6.42 Å². The number of aromatic nitrogens is 1. The van der Waals surface area contributed by atoms with Crippen LogP contribution in [0.5, 0.6) is 5.75 Å². The van der Waals surface area contributed by atoms with Gasteiger partial charge in [-0.1, -0.05) is 42.5 Å². The van der Waals surface area contributed by atoms with Gasteiger partial charge in [-0.3, -0.25) is 10.1 Å². The molecule has 4 aromatic rings. The highest BCUT2D eigenvalue weighted by Gasteiger charge is 2.19. The van der Waals surface area contributed by atoms with Crippen molar-refractivity contribution in [2.45, 2.75) is 18.2 Å². The van der Waals surface area contributed by atoms with Crippen molar-refractivity contribution in [3.05, 3.63) is 83.9 Å². The molecule has 0 aliphatic heterocycles. The first-order chi connectivity index (χ1) is 14.5. The highest BCUT2D eigenvalue weighted by Crippen LogP contribution is 2.33. The number of rotatable bonds is 5. The van der Waals surface area contributed by atoms with Gasteiger partial charge < -0.3 is 9.52 Å². The molecule has 4 rings (SSSR count). The van der Waals surface area contributed by atoms with Crippen molar-refractivity contribution in [3.8, 4) is 28.5 Å². The summed E-state index contributed by atoms with van der Waals surface area (Å²) in [6.07, 6.45) is 0.0186. The van der Waals surface area contributed by atoms with Crippen LogP contribution in [-0.4, -0.2) is 16.0 Å². The summed E-state index contributed by atoms with van der Waals surface area (Å²) in [7, 11) is 0. The standard InChI is InChI=1S/C24H20N2O3S/c1-15-7-8-18(20(27)13-15)14-21(28)25-24-22(16-5-3-2-4-6-16)26-23(29-24)17-9-11-19(30)12-10-17/h2-13,27,30H,14H2,1H3,(H,25,28). The maximum atomic E-state index is 12.7. The number of carbonyl (C=O) groups is 1.